The molecule has 0 amide bonds. The van der Waals surface area contributed by atoms with E-state index in [9.17, 15) is 4.39 Å². The van der Waals surface area contributed by atoms with Crippen molar-refractivity contribution in [2.24, 2.45) is 11.1 Å². The third-order valence-electron chi connectivity index (χ3n) is 3.09. The molecule has 1 rings (SSSR count). The second kappa shape index (κ2) is 4.96. The first kappa shape index (κ1) is 13.2. The number of benzene rings is 1. The Balaban J connectivity index is 3.06. The number of hydrogen-bond acceptors (Lipinski definition) is 1. The van der Waals surface area contributed by atoms with Crippen molar-refractivity contribution in [3.63, 3.8) is 0 Å². The van der Waals surface area contributed by atoms with Gasteiger partial charge in [0.2, 0.25) is 0 Å². The van der Waals surface area contributed by atoms with Crippen LogP contribution in [0, 0.1) is 18.2 Å². The molecule has 1 atom stereocenters. The van der Waals surface area contributed by atoms with Crippen molar-refractivity contribution in [2.45, 2.75) is 40.0 Å². The van der Waals surface area contributed by atoms with Gasteiger partial charge in [0.1, 0.15) is 5.82 Å². The monoisotopic (exact) mass is 223 g/mol. The first-order valence-corrected chi connectivity index (χ1v) is 5.82. The van der Waals surface area contributed by atoms with Gasteiger partial charge in [-0.3, -0.25) is 0 Å². The minimum Gasteiger partial charge on any atom is -0.330 e. The summed E-state index contributed by atoms with van der Waals surface area (Å²) in [5, 5.41) is 0. The van der Waals surface area contributed by atoms with Crippen LogP contribution in [-0.2, 0) is 0 Å². The molecule has 0 spiro atoms. The van der Waals surface area contributed by atoms with Crippen LogP contribution in [0.15, 0.2) is 18.2 Å². The van der Waals surface area contributed by atoms with Gasteiger partial charge in [0.15, 0.2) is 0 Å². The minimum atomic E-state index is -0.135. The van der Waals surface area contributed by atoms with Gasteiger partial charge in [-0.2, -0.15) is 0 Å². The molecular weight excluding hydrogens is 201 g/mol. The molecule has 0 aromatic heterocycles. The lowest BCUT2D eigenvalue weighted by atomic mass is 9.74. The SMILES string of the molecule is Cc1cc(C(CCN)C(C)(C)C)ccc1F. The second-order valence-corrected chi connectivity index (χ2v) is 5.50. The van der Waals surface area contributed by atoms with E-state index in [0.29, 0.717) is 18.0 Å². The molecule has 0 bridgehead atoms. The Morgan fingerprint density at radius 3 is 2.38 bits per heavy atom. The van der Waals surface area contributed by atoms with Gasteiger partial charge in [-0.1, -0.05) is 32.9 Å². The van der Waals surface area contributed by atoms with Crippen LogP contribution in [0.5, 0.6) is 0 Å². The fraction of sp³-hybridized carbons (Fsp3) is 0.571. The van der Waals surface area contributed by atoms with Crippen molar-refractivity contribution >= 4 is 0 Å². The average Bonchev–Trinajstić information content (AvgIpc) is 2.17. The van der Waals surface area contributed by atoms with Crippen LogP contribution in [0.1, 0.15) is 44.2 Å². The second-order valence-electron chi connectivity index (χ2n) is 5.50. The van der Waals surface area contributed by atoms with Crippen molar-refractivity contribution in [1.82, 2.24) is 0 Å². The van der Waals surface area contributed by atoms with E-state index in [2.05, 4.69) is 20.8 Å². The van der Waals surface area contributed by atoms with Crippen LogP contribution >= 0.6 is 0 Å². The Bertz CT molecular complexity index is 352. The maximum atomic E-state index is 13.2. The third-order valence-corrected chi connectivity index (χ3v) is 3.09. The zero-order valence-corrected chi connectivity index (χ0v) is 10.7. The largest absolute Gasteiger partial charge is 0.330 e. The van der Waals surface area contributed by atoms with E-state index in [4.69, 9.17) is 5.73 Å². The summed E-state index contributed by atoms with van der Waals surface area (Å²) in [6.45, 7) is 9.07. The highest BCUT2D eigenvalue weighted by molar-refractivity contribution is 5.28. The molecule has 2 N–H and O–H groups in total. The van der Waals surface area contributed by atoms with Gasteiger partial charge in [0.05, 0.1) is 0 Å². The lowest BCUT2D eigenvalue weighted by Gasteiger charge is -2.31. The minimum absolute atomic E-state index is 0.135. The summed E-state index contributed by atoms with van der Waals surface area (Å²) in [6, 6.07) is 5.38. The number of nitrogens with two attached hydrogens (primary N) is 1. The number of halogens is 1. The molecular formula is C14H22FN. The molecule has 16 heavy (non-hydrogen) atoms. The van der Waals surface area contributed by atoms with E-state index in [-0.39, 0.29) is 11.2 Å². The van der Waals surface area contributed by atoms with Crippen LogP contribution in [-0.4, -0.2) is 6.54 Å². The highest BCUT2D eigenvalue weighted by Crippen LogP contribution is 2.37. The van der Waals surface area contributed by atoms with Crippen LogP contribution in [0.25, 0.3) is 0 Å². The van der Waals surface area contributed by atoms with E-state index < -0.39 is 0 Å². The molecule has 0 aliphatic heterocycles. The lowest BCUT2D eigenvalue weighted by Crippen LogP contribution is -2.21. The van der Waals surface area contributed by atoms with Crippen LogP contribution in [0.4, 0.5) is 4.39 Å². The number of aryl methyl sites for hydroxylation is 1. The Labute approximate surface area is 97.9 Å². The predicted molar refractivity (Wildman–Crippen MR) is 67.0 cm³/mol. The molecule has 0 aliphatic carbocycles. The topological polar surface area (TPSA) is 26.0 Å². The Kier molecular flexibility index (Phi) is 4.09. The number of rotatable bonds is 3. The normalized spacial score (nSPS) is 13.9. The summed E-state index contributed by atoms with van der Waals surface area (Å²) in [5.41, 5.74) is 7.72. The molecule has 1 aromatic rings. The van der Waals surface area contributed by atoms with Crippen molar-refractivity contribution in [3.05, 3.63) is 35.1 Å². The molecule has 0 aliphatic rings. The van der Waals surface area contributed by atoms with Crippen LogP contribution in [0.2, 0.25) is 0 Å². The highest BCUT2D eigenvalue weighted by Gasteiger charge is 2.25. The fourth-order valence-corrected chi connectivity index (χ4v) is 2.15. The zero-order valence-electron chi connectivity index (χ0n) is 10.7. The van der Waals surface area contributed by atoms with E-state index in [1.807, 2.05) is 12.1 Å². The van der Waals surface area contributed by atoms with Crippen molar-refractivity contribution in [2.75, 3.05) is 6.54 Å². The predicted octanol–water partition coefficient (Wildman–Crippen LogP) is 3.61. The Morgan fingerprint density at radius 1 is 1.31 bits per heavy atom. The van der Waals surface area contributed by atoms with E-state index >= 15 is 0 Å². The van der Waals surface area contributed by atoms with E-state index in [1.54, 1.807) is 13.0 Å². The first-order chi connectivity index (χ1) is 7.36. The molecule has 2 heteroatoms. The van der Waals surface area contributed by atoms with Crippen LogP contribution < -0.4 is 5.73 Å². The van der Waals surface area contributed by atoms with Gasteiger partial charge in [-0.15, -0.1) is 0 Å². The molecule has 0 radical (unpaired) electrons. The number of hydrogen-bond donors (Lipinski definition) is 1. The summed E-state index contributed by atoms with van der Waals surface area (Å²) >= 11 is 0. The van der Waals surface area contributed by atoms with Crippen molar-refractivity contribution < 1.29 is 4.39 Å². The van der Waals surface area contributed by atoms with Crippen LogP contribution in [0.3, 0.4) is 0 Å². The molecule has 1 unspecified atom stereocenters. The van der Waals surface area contributed by atoms with Gasteiger partial charge in [0, 0.05) is 0 Å². The lowest BCUT2D eigenvalue weighted by molar-refractivity contribution is 0.307. The quantitative estimate of drug-likeness (QED) is 0.832. The van der Waals surface area contributed by atoms with E-state index in [0.717, 1.165) is 6.42 Å². The molecule has 1 nitrogen and oxygen atoms in total. The third kappa shape index (κ3) is 3.05. The Hall–Kier alpha value is -0.890. The smallest absolute Gasteiger partial charge is 0.126 e. The molecule has 90 valence electrons. The maximum Gasteiger partial charge on any atom is 0.126 e. The summed E-state index contributed by atoms with van der Waals surface area (Å²) in [5.74, 6) is 0.251. The summed E-state index contributed by atoms with van der Waals surface area (Å²) < 4.78 is 13.2. The van der Waals surface area contributed by atoms with Crippen molar-refractivity contribution in [1.29, 1.82) is 0 Å². The first-order valence-electron chi connectivity index (χ1n) is 5.82. The summed E-state index contributed by atoms with van der Waals surface area (Å²) in [7, 11) is 0. The standard InChI is InChI=1S/C14H22FN/c1-10-9-11(5-6-13(10)15)12(7-8-16)14(2,3)4/h5-6,9,12H,7-8,16H2,1-4H3. The molecule has 0 saturated carbocycles. The highest BCUT2D eigenvalue weighted by atomic mass is 19.1. The van der Waals surface area contributed by atoms with Gasteiger partial charge in [-0.25, -0.2) is 4.39 Å². The molecule has 0 heterocycles. The maximum absolute atomic E-state index is 13.2. The summed E-state index contributed by atoms with van der Waals surface area (Å²) in [4.78, 5) is 0. The molecule has 0 fully saturated rings. The summed E-state index contributed by atoms with van der Waals surface area (Å²) in [6.07, 6.45) is 0.939. The van der Waals surface area contributed by atoms with Crippen molar-refractivity contribution in [3.8, 4) is 0 Å². The van der Waals surface area contributed by atoms with Gasteiger partial charge in [0.25, 0.3) is 0 Å². The van der Waals surface area contributed by atoms with Gasteiger partial charge < -0.3 is 5.73 Å². The molecule has 0 saturated heterocycles. The average molecular weight is 223 g/mol. The van der Waals surface area contributed by atoms with Gasteiger partial charge >= 0.3 is 0 Å². The Morgan fingerprint density at radius 2 is 1.94 bits per heavy atom. The van der Waals surface area contributed by atoms with E-state index in [1.165, 1.54) is 5.56 Å². The fourth-order valence-electron chi connectivity index (χ4n) is 2.15. The molecule has 1 aromatic carbocycles. The van der Waals surface area contributed by atoms with Gasteiger partial charge in [-0.05, 0) is 48.4 Å². The zero-order chi connectivity index (χ0) is 12.3.